The van der Waals surface area contributed by atoms with Crippen LogP contribution in [0.1, 0.15) is 50.8 Å². The predicted octanol–water partition coefficient (Wildman–Crippen LogP) is 1.62. The van der Waals surface area contributed by atoms with Crippen LogP contribution in [-0.4, -0.2) is 35.6 Å². The number of rotatable bonds is 5. The molecule has 1 aromatic heterocycles. The highest BCUT2D eigenvalue weighted by molar-refractivity contribution is 5.38. The van der Waals surface area contributed by atoms with E-state index in [9.17, 15) is 4.79 Å². The average Bonchev–Trinajstić information content (AvgIpc) is 3.30. The van der Waals surface area contributed by atoms with Crippen LogP contribution in [0.25, 0.3) is 0 Å². The number of nitrogens with zero attached hydrogens (tertiary/aromatic N) is 2. The number of aromatic amines is 1. The topological polar surface area (TPSA) is 61.0 Å². The maximum absolute atomic E-state index is 11.8. The third-order valence-electron chi connectivity index (χ3n) is 4.27. The Bertz CT molecular complexity index is 503. The number of hydrogen-bond acceptors (Lipinski definition) is 4. The Morgan fingerprint density at radius 2 is 2.20 bits per heavy atom. The first-order valence-electron chi connectivity index (χ1n) is 7.86. The van der Waals surface area contributed by atoms with E-state index >= 15 is 0 Å². The fourth-order valence-corrected chi connectivity index (χ4v) is 2.91. The fraction of sp³-hybridized carbons (Fsp3) is 0.733. The molecule has 20 heavy (non-hydrogen) atoms. The van der Waals surface area contributed by atoms with Gasteiger partial charge in [-0.2, -0.15) is 0 Å². The van der Waals surface area contributed by atoms with E-state index in [0.717, 1.165) is 44.1 Å². The van der Waals surface area contributed by atoms with Gasteiger partial charge in [0.2, 0.25) is 0 Å². The maximum Gasteiger partial charge on any atom is 0.252 e. The van der Waals surface area contributed by atoms with Crippen molar-refractivity contribution in [3.05, 3.63) is 22.2 Å². The molecule has 0 spiro atoms. The zero-order chi connectivity index (χ0) is 13.9. The summed E-state index contributed by atoms with van der Waals surface area (Å²) in [6.07, 6.45) is 6.10. The number of hydrogen-bond donors (Lipinski definition) is 2. The molecule has 0 radical (unpaired) electrons. The second kappa shape index (κ2) is 5.95. The molecule has 0 aromatic carbocycles. The van der Waals surface area contributed by atoms with Crippen LogP contribution in [0.4, 0.5) is 5.82 Å². The number of nitrogens with one attached hydrogen (secondary N) is 2. The lowest BCUT2D eigenvalue weighted by Crippen LogP contribution is -2.44. The van der Waals surface area contributed by atoms with E-state index in [1.165, 1.54) is 19.3 Å². The quantitative estimate of drug-likeness (QED) is 0.858. The summed E-state index contributed by atoms with van der Waals surface area (Å²) in [5.41, 5.74) is -0.0213. The third-order valence-corrected chi connectivity index (χ3v) is 4.27. The molecule has 1 saturated carbocycles. The van der Waals surface area contributed by atoms with Gasteiger partial charge in [0.1, 0.15) is 11.6 Å². The molecule has 2 heterocycles. The van der Waals surface area contributed by atoms with Crippen LogP contribution in [-0.2, 0) is 0 Å². The van der Waals surface area contributed by atoms with Crippen LogP contribution in [0.5, 0.6) is 0 Å². The Balaban J connectivity index is 1.75. The Hall–Kier alpha value is -1.36. The number of piperidine rings is 1. The predicted molar refractivity (Wildman–Crippen MR) is 80.4 cm³/mol. The zero-order valence-electron chi connectivity index (χ0n) is 12.2. The molecule has 110 valence electrons. The van der Waals surface area contributed by atoms with Gasteiger partial charge >= 0.3 is 0 Å². The monoisotopic (exact) mass is 276 g/mol. The van der Waals surface area contributed by atoms with E-state index in [4.69, 9.17) is 0 Å². The smallest absolute Gasteiger partial charge is 0.252 e. The number of likely N-dealkylation sites (N-methyl/N-ethyl adjacent to an activating group) is 1. The van der Waals surface area contributed by atoms with Crippen molar-refractivity contribution in [2.75, 3.05) is 24.5 Å². The minimum atomic E-state index is -0.0213. The molecule has 2 aliphatic rings. The summed E-state index contributed by atoms with van der Waals surface area (Å²) in [4.78, 5) is 21.6. The van der Waals surface area contributed by atoms with Crippen LogP contribution in [0, 0.1) is 0 Å². The van der Waals surface area contributed by atoms with Crippen molar-refractivity contribution in [1.29, 1.82) is 0 Å². The standard InChI is InChI=1S/C15H24N4O/c1-2-19(10-12-5-3-4-8-16-12)13-9-14(20)18-15(17-13)11-6-7-11/h9,11-12,16H,2-8,10H2,1H3,(H,17,18,20). The highest BCUT2D eigenvalue weighted by Gasteiger charge is 2.27. The second-order valence-corrected chi connectivity index (χ2v) is 5.95. The summed E-state index contributed by atoms with van der Waals surface area (Å²) in [7, 11) is 0. The Labute approximate surface area is 119 Å². The largest absolute Gasteiger partial charge is 0.355 e. The fourth-order valence-electron chi connectivity index (χ4n) is 2.91. The summed E-state index contributed by atoms with van der Waals surface area (Å²) in [6, 6.07) is 2.16. The van der Waals surface area contributed by atoms with E-state index in [-0.39, 0.29) is 5.56 Å². The van der Waals surface area contributed by atoms with Crippen molar-refractivity contribution in [3.8, 4) is 0 Å². The summed E-state index contributed by atoms with van der Waals surface area (Å²) in [5.74, 6) is 2.20. The molecule has 2 N–H and O–H groups in total. The molecule has 0 amide bonds. The van der Waals surface area contributed by atoms with Crippen molar-refractivity contribution in [2.45, 2.75) is 51.0 Å². The number of anilines is 1. The van der Waals surface area contributed by atoms with E-state index < -0.39 is 0 Å². The van der Waals surface area contributed by atoms with E-state index in [2.05, 4.69) is 27.1 Å². The van der Waals surface area contributed by atoms with Crippen LogP contribution >= 0.6 is 0 Å². The van der Waals surface area contributed by atoms with Crippen LogP contribution < -0.4 is 15.8 Å². The van der Waals surface area contributed by atoms with Crippen molar-refractivity contribution in [1.82, 2.24) is 15.3 Å². The summed E-state index contributed by atoms with van der Waals surface area (Å²) < 4.78 is 0. The molecule has 1 aromatic rings. The van der Waals surface area contributed by atoms with Crippen LogP contribution in [0.15, 0.2) is 10.9 Å². The zero-order valence-corrected chi connectivity index (χ0v) is 12.2. The van der Waals surface area contributed by atoms with Gasteiger partial charge in [-0.1, -0.05) is 6.42 Å². The first kappa shape index (κ1) is 13.6. The highest BCUT2D eigenvalue weighted by Crippen LogP contribution is 2.37. The number of aromatic nitrogens is 2. The molecule has 2 fully saturated rings. The van der Waals surface area contributed by atoms with Crippen molar-refractivity contribution < 1.29 is 0 Å². The van der Waals surface area contributed by atoms with Crippen LogP contribution in [0.3, 0.4) is 0 Å². The molecule has 3 rings (SSSR count). The van der Waals surface area contributed by atoms with Crippen molar-refractivity contribution in [3.63, 3.8) is 0 Å². The van der Waals surface area contributed by atoms with Gasteiger partial charge in [0.15, 0.2) is 0 Å². The molecule has 5 nitrogen and oxygen atoms in total. The maximum atomic E-state index is 11.8. The molecule has 1 unspecified atom stereocenters. The Kier molecular flexibility index (Phi) is 4.05. The summed E-state index contributed by atoms with van der Waals surface area (Å²) >= 11 is 0. The lowest BCUT2D eigenvalue weighted by Gasteiger charge is -2.30. The van der Waals surface area contributed by atoms with Gasteiger partial charge in [-0.05, 0) is 39.2 Å². The van der Waals surface area contributed by atoms with Gasteiger partial charge in [0.25, 0.3) is 5.56 Å². The number of H-pyrrole nitrogens is 1. The molecule has 0 bridgehead atoms. The Morgan fingerprint density at radius 3 is 2.85 bits per heavy atom. The highest BCUT2D eigenvalue weighted by atomic mass is 16.1. The van der Waals surface area contributed by atoms with Gasteiger partial charge in [-0.15, -0.1) is 0 Å². The van der Waals surface area contributed by atoms with E-state index in [1.54, 1.807) is 6.07 Å². The SMILES string of the molecule is CCN(CC1CCCCN1)c1cc(=O)[nH]c(C2CC2)n1. The minimum absolute atomic E-state index is 0.0213. The third kappa shape index (κ3) is 3.20. The van der Waals surface area contributed by atoms with E-state index in [1.807, 2.05) is 0 Å². The average molecular weight is 276 g/mol. The van der Waals surface area contributed by atoms with E-state index in [0.29, 0.717) is 12.0 Å². The molecule has 1 saturated heterocycles. The molecule has 5 heteroatoms. The van der Waals surface area contributed by atoms with Crippen molar-refractivity contribution >= 4 is 5.82 Å². The lowest BCUT2D eigenvalue weighted by atomic mass is 10.0. The van der Waals surface area contributed by atoms with Gasteiger partial charge in [-0.3, -0.25) is 4.79 Å². The minimum Gasteiger partial charge on any atom is -0.355 e. The molecule has 1 aliphatic carbocycles. The van der Waals surface area contributed by atoms with Crippen molar-refractivity contribution in [2.24, 2.45) is 0 Å². The Morgan fingerprint density at radius 1 is 1.35 bits per heavy atom. The summed E-state index contributed by atoms with van der Waals surface area (Å²) in [6.45, 7) is 5.07. The van der Waals surface area contributed by atoms with Crippen LogP contribution in [0.2, 0.25) is 0 Å². The van der Waals surface area contributed by atoms with Gasteiger partial charge in [0, 0.05) is 31.1 Å². The second-order valence-electron chi connectivity index (χ2n) is 5.95. The normalized spacial score (nSPS) is 22.8. The molecular weight excluding hydrogens is 252 g/mol. The first-order valence-corrected chi connectivity index (χ1v) is 7.86. The van der Waals surface area contributed by atoms with Gasteiger partial charge in [-0.25, -0.2) is 4.98 Å². The summed E-state index contributed by atoms with van der Waals surface area (Å²) in [5, 5.41) is 3.56. The van der Waals surface area contributed by atoms with Gasteiger partial charge in [0.05, 0.1) is 0 Å². The molecular formula is C15H24N4O. The molecule has 1 atom stereocenters. The first-order chi connectivity index (χ1) is 9.76. The lowest BCUT2D eigenvalue weighted by molar-refractivity contribution is 0.399. The molecule has 1 aliphatic heterocycles. The van der Waals surface area contributed by atoms with Gasteiger partial charge < -0.3 is 15.2 Å².